The number of nitrogens with zero attached hydrogens (tertiary/aromatic N) is 6. The molecule has 1 saturated heterocycles. The average Bonchev–Trinajstić information content (AvgIpc) is 3.52. The van der Waals surface area contributed by atoms with Gasteiger partial charge in [-0.25, -0.2) is 9.67 Å². The van der Waals surface area contributed by atoms with E-state index in [-0.39, 0.29) is 0 Å². The quantitative estimate of drug-likeness (QED) is 0.515. The lowest BCUT2D eigenvalue weighted by Gasteiger charge is -2.29. The van der Waals surface area contributed by atoms with Crippen molar-refractivity contribution in [2.45, 2.75) is 32.6 Å². The topological polar surface area (TPSA) is 63.3 Å². The summed E-state index contributed by atoms with van der Waals surface area (Å²) in [6, 6.07) is 14.8. The van der Waals surface area contributed by atoms with Crippen molar-refractivity contribution in [2.24, 2.45) is 0 Å². The summed E-state index contributed by atoms with van der Waals surface area (Å²) in [5.41, 5.74) is 6.50. The fourth-order valence-corrected chi connectivity index (χ4v) is 4.83. The zero-order valence-corrected chi connectivity index (χ0v) is 19.0. The van der Waals surface area contributed by atoms with E-state index in [1.54, 1.807) is 0 Å². The van der Waals surface area contributed by atoms with Crippen LogP contribution in [0.15, 0.2) is 54.7 Å². The molecule has 1 fully saturated rings. The van der Waals surface area contributed by atoms with Gasteiger partial charge in [0.15, 0.2) is 11.5 Å². The molecule has 1 aromatic carbocycles. The molecule has 0 aliphatic carbocycles. The van der Waals surface area contributed by atoms with Gasteiger partial charge in [-0.2, -0.15) is 14.7 Å². The van der Waals surface area contributed by atoms with Crippen molar-refractivity contribution in [3.05, 3.63) is 66.0 Å². The lowest BCUT2D eigenvalue weighted by atomic mass is 10.1. The van der Waals surface area contributed by atoms with Crippen LogP contribution in [0.2, 0.25) is 0 Å². The molecule has 4 aromatic rings. The van der Waals surface area contributed by atoms with Crippen LogP contribution in [-0.4, -0.2) is 50.6 Å². The van der Waals surface area contributed by atoms with Crippen LogP contribution in [0.5, 0.6) is 0 Å². The van der Waals surface area contributed by atoms with Crippen molar-refractivity contribution in [1.82, 2.24) is 29.7 Å². The normalized spacial score (nSPS) is 16.9. The molecule has 6 rings (SSSR count). The van der Waals surface area contributed by atoms with Crippen molar-refractivity contribution < 1.29 is 0 Å². The van der Waals surface area contributed by atoms with Gasteiger partial charge in [0.1, 0.15) is 5.82 Å². The third-order valence-corrected chi connectivity index (χ3v) is 6.61. The first-order valence-corrected chi connectivity index (χ1v) is 11.9. The molecule has 7 nitrogen and oxygen atoms in total. The van der Waals surface area contributed by atoms with E-state index < -0.39 is 0 Å². The summed E-state index contributed by atoms with van der Waals surface area (Å²) in [7, 11) is 0. The van der Waals surface area contributed by atoms with E-state index in [2.05, 4.69) is 65.7 Å². The Balaban J connectivity index is 1.45. The Kier molecular flexibility index (Phi) is 5.19. The minimum Gasteiger partial charge on any atom is -0.356 e. The molecule has 7 heteroatoms. The molecular formula is C26H29N7. The van der Waals surface area contributed by atoms with Crippen molar-refractivity contribution in [2.75, 3.05) is 31.1 Å². The van der Waals surface area contributed by atoms with E-state index in [9.17, 15) is 0 Å². The summed E-state index contributed by atoms with van der Waals surface area (Å²) in [5, 5.41) is 13.2. The Morgan fingerprint density at radius 3 is 2.67 bits per heavy atom. The van der Waals surface area contributed by atoms with E-state index in [0.29, 0.717) is 0 Å². The lowest BCUT2D eigenvalue weighted by molar-refractivity contribution is 0.567. The number of anilines is 1. The van der Waals surface area contributed by atoms with Crippen LogP contribution < -0.4 is 10.2 Å². The second kappa shape index (κ2) is 8.48. The van der Waals surface area contributed by atoms with E-state index in [1.807, 2.05) is 15.4 Å². The summed E-state index contributed by atoms with van der Waals surface area (Å²) in [4.78, 5) is 7.42. The van der Waals surface area contributed by atoms with Gasteiger partial charge >= 0.3 is 0 Å². The molecule has 0 unspecified atom stereocenters. The van der Waals surface area contributed by atoms with Gasteiger partial charge in [-0.3, -0.25) is 0 Å². The number of piperidine rings is 1. The molecule has 0 saturated carbocycles. The number of hydrogen-bond acceptors (Lipinski definition) is 5. The smallest absolute Gasteiger partial charge is 0.160 e. The standard InChI is InChI=1S/C26H29N7/c1-19-6-5-7-21(16-19)22-10-15-32(29-22)24-18-26(31-13-3-2-4-14-31)33-25(28-24)17-23(30-33)20-8-11-27-12-9-20/h5-8,10,15-18,27H,2-4,9,11-14H2,1H3. The van der Waals surface area contributed by atoms with Gasteiger partial charge in [0.2, 0.25) is 0 Å². The number of nitrogens with one attached hydrogen (secondary N) is 1. The highest BCUT2D eigenvalue weighted by Crippen LogP contribution is 2.27. The molecule has 2 aliphatic rings. The molecule has 33 heavy (non-hydrogen) atoms. The summed E-state index contributed by atoms with van der Waals surface area (Å²) in [5.74, 6) is 1.93. The van der Waals surface area contributed by atoms with Crippen molar-refractivity contribution in [1.29, 1.82) is 0 Å². The van der Waals surface area contributed by atoms with Gasteiger partial charge in [0.05, 0.1) is 11.4 Å². The molecule has 1 N–H and O–H groups in total. The van der Waals surface area contributed by atoms with Crippen LogP contribution in [0.25, 0.3) is 28.3 Å². The largest absolute Gasteiger partial charge is 0.356 e. The minimum atomic E-state index is 0.827. The molecular weight excluding hydrogens is 410 g/mol. The van der Waals surface area contributed by atoms with Crippen molar-refractivity contribution in [3.63, 3.8) is 0 Å². The molecule has 3 aromatic heterocycles. The van der Waals surface area contributed by atoms with Gasteiger partial charge in [0, 0.05) is 43.5 Å². The summed E-state index contributed by atoms with van der Waals surface area (Å²) >= 11 is 0. The van der Waals surface area contributed by atoms with Gasteiger partial charge in [-0.05, 0) is 56.9 Å². The van der Waals surface area contributed by atoms with E-state index >= 15 is 0 Å². The number of benzene rings is 1. The second-order valence-corrected chi connectivity index (χ2v) is 9.02. The lowest BCUT2D eigenvalue weighted by Crippen LogP contribution is -2.31. The molecule has 0 bridgehead atoms. The zero-order chi connectivity index (χ0) is 22.2. The first kappa shape index (κ1) is 20.2. The maximum absolute atomic E-state index is 5.00. The van der Waals surface area contributed by atoms with Crippen molar-refractivity contribution in [3.8, 4) is 17.1 Å². The summed E-state index contributed by atoms with van der Waals surface area (Å²) < 4.78 is 3.92. The fourth-order valence-electron chi connectivity index (χ4n) is 4.83. The van der Waals surface area contributed by atoms with Crippen molar-refractivity contribution >= 4 is 17.0 Å². The van der Waals surface area contributed by atoms with Crippen LogP contribution in [0, 0.1) is 6.92 Å². The maximum Gasteiger partial charge on any atom is 0.160 e. The van der Waals surface area contributed by atoms with Crippen LogP contribution >= 0.6 is 0 Å². The van der Waals surface area contributed by atoms with Crippen LogP contribution in [-0.2, 0) is 0 Å². The van der Waals surface area contributed by atoms with E-state index in [4.69, 9.17) is 15.2 Å². The predicted molar refractivity (Wildman–Crippen MR) is 132 cm³/mol. The highest BCUT2D eigenvalue weighted by molar-refractivity contribution is 5.68. The fraction of sp³-hybridized carbons (Fsp3) is 0.346. The molecule has 2 aliphatic heterocycles. The number of fused-ring (bicyclic) bond motifs is 1. The highest BCUT2D eigenvalue weighted by Gasteiger charge is 2.20. The molecule has 5 heterocycles. The Bertz CT molecular complexity index is 1320. The SMILES string of the molecule is Cc1cccc(-c2ccn(-c3cc(N4CCCCC4)n4nc(C5=CCNCC5)cc4n3)n2)c1. The minimum absolute atomic E-state index is 0.827. The second-order valence-electron chi connectivity index (χ2n) is 9.02. The van der Waals surface area contributed by atoms with E-state index in [0.717, 1.165) is 66.8 Å². The van der Waals surface area contributed by atoms with Crippen LogP contribution in [0.3, 0.4) is 0 Å². The van der Waals surface area contributed by atoms with Crippen LogP contribution in [0.1, 0.15) is 36.9 Å². The summed E-state index contributed by atoms with van der Waals surface area (Å²) in [6.45, 7) is 6.10. The molecule has 0 spiro atoms. The van der Waals surface area contributed by atoms with Gasteiger partial charge in [-0.15, -0.1) is 0 Å². The van der Waals surface area contributed by atoms with Gasteiger partial charge in [0.25, 0.3) is 0 Å². The van der Waals surface area contributed by atoms with Crippen LogP contribution in [0.4, 0.5) is 5.82 Å². The number of hydrogen-bond donors (Lipinski definition) is 1. The Morgan fingerprint density at radius 2 is 1.85 bits per heavy atom. The van der Waals surface area contributed by atoms with Gasteiger partial charge in [-0.1, -0.05) is 29.8 Å². The summed E-state index contributed by atoms with van der Waals surface area (Å²) in [6.07, 6.45) is 8.96. The zero-order valence-electron chi connectivity index (χ0n) is 19.0. The highest BCUT2D eigenvalue weighted by atomic mass is 15.4. The Hall–Kier alpha value is -3.45. The third-order valence-electron chi connectivity index (χ3n) is 6.61. The van der Waals surface area contributed by atoms with E-state index in [1.165, 1.54) is 30.4 Å². The number of rotatable bonds is 4. The number of aromatic nitrogens is 5. The average molecular weight is 440 g/mol. The number of aryl methyl sites for hydroxylation is 1. The molecule has 0 atom stereocenters. The molecule has 0 radical (unpaired) electrons. The Morgan fingerprint density at radius 1 is 0.939 bits per heavy atom. The molecule has 0 amide bonds. The monoisotopic (exact) mass is 439 g/mol. The molecule has 168 valence electrons. The first-order chi connectivity index (χ1) is 16.2. The predicted octanol–water partition coefficient (Wildman–Crippen LogP) is 4.26. The Labute approximate surface area is 193 Å². The third kappa shape index (κ3) is 3.93. The first-order valence-electron chi connectivity index (χ1n) is 11.9. The maximum atomic E-state index is 5.00. The van der Waals surface area contributed by atoms with Gasteiger partial charge < -0.3 is 10.2 Å².